The highest BCUT2D eigenvalue weighted by Crippen LogP contribution is 2.39. The van der Waals surface area contributed by atoms with Crippen molar-refractivity contribution in [2.75, 3.05) is 5.32 Å². The number of aryl methyl sites for hydroxylation is 2. The highest BCUT2D eigenvalue weighted by atomic mass is 32.1. The number of aliphatic hydroxyl groups excluding tert-OH is 1. The van der Waals surface area contributed by atoms with E-state index in [1.807, 2.05) is 37.6 Å². The Hall–Kier alpha value is -2.84. The molecule has 1 aliphatic rings. The normalized spacial score (nSPS) is 15.1. The van der Waals surface area contributed by atoms with Crippen molar-refractivity contribution in [3.05, 3.63) is 35.9 Å². The highest BCUT2D eigenvalue weighted by molar-refractivity contribution is 7.23. The standard InChI is InChI=1S/C22H23N5O2S/c1-4-17(28)15-7-11(2)14(9-23-15)13-8-16-20(19-18(13)24-10-27(19)3)30-22(25-16)26-21(29)12-5-6-12/h7-10,12,17,28H,4-6H2,1-3H3,(H,25,26,29). The quantitative estimate of drug-likeness (QED) is 0.500. The van der Waals surface area contributed by atoms with E-state index >= 15 is 0 Å². The third-order valence-corrected chi connectivity index (χ3v) is 6.66. The van der Waals surface area contributed by atoms with Crippen LogP contribution < -0.4 is 5.32 Å². The van der Waals surface area contributed by atoms with Crippen molar-refractivity contribution in [3.63, 3.8) is 0 Å². The molecule has 1 saturated carbocycles. The number of carbonyl (C=O) groups excluding carboxylic acids is 1. The van der Waals surface area contributed by atoms with E-state index in [2.05, 4.69) is 15.3 Å². The number of nitrogens with zero attached hydrogens (tertiary/aromatic N) is 4. The fraction of sp³-hybridized carbons (Fsp3) is 0.364. The molecule has 1 aliphatic carbocycles. The molecular weight excluding hydrogens is 398 g/mol. The maximum Gasteiger partial charge on any atom is 0.229 e. The van der Waals surface area contributed by atoms with Gasteiger partial charge in [0.1, 0.15) is 0 Å². The van der Waals surface area contributed by atoms with E-state index in [1.54, 1.807) is 12.5 Å². The molecule has 3 heterocycles. The number of hydrogen-bond acceptors (Lipinski definition) is 6. The molecule has 7 nitrogen and oxygen atoms in total. The minimum atomic E-state index is -0.564. The molecule has 1 atom stereocenters. The molecule has 0 aliphatic heterocycles. The summed E-state index contributed by atoms with van der Waals surface area (Å²) in [7, 11) is 1.96. The summed E-state index contributed by atoms with van der Waals surface area (Å²) in [4.78, 5) is 26.0. The number of carbonyl (C=O) groups is 1. The Balaban J connectivity index is 1.65. The van der Waals surface area contributed by atoms with Gasteiger partial charge in [0, 0.05) is 30.3 Å². The van der Waals surface area contributed by atoms with Crippen LogP contribution in [0.2, 0.25) is 0 Å². The van der Waals surface area contributed by atoms with E-state index in [1.165, 1.54) is 11.3 Å². The molecule has 1 amide bonds. The van der Waals surface area contributed by atoms with Gasteiger partial charge in [0.2, 0.25) is 5.91 Å². The lowest BCUT2D eigenvalue weighted by atomic mass is 9.99. The summed E-state index contributed by atoms with van der Waals surface area (Å²) in [5, 5.41) is 13.7. The summed E-state index contributed by atoms with van der Waals surface area (Å²) in [5.41, 5.74) is 6.31. The van der Waals surface area contributed by atoms with Gasteiger partial charge in [0.25, 0.3) is 0 Å². The minimum absolute atomic E-state index is 0.0562. The predicted molar refractivity (Wildman–Crippen MR) is 118 cm³/mol. The van der Waals surface area contributed by atoms with E-state index in [9.17, 15) is 9.90 Å². The van der Waals surface area contributed by atoms with Crippen molar-refractivity contribution in [1.29, 1.82) is 0 Å². The molecule has 5 rings (SSSR count). The first-order chi connectivity index (χ1) is 14.5. The molecule has 1 fully saturated rings. The first-order valence-electron chi connectivity index (χ1n) is 10.2. The number of rotatable bonds is 5. The third-order valence-electron chi connectivity index (χ3n) is 5.67. The molecule has 30 heavy (non-hydrogen) atoms. The summed E-state index contributed by atoms with van der Waals surface area (Å²) in [6, 6.07) is 3.96. The zero-order valence-corrected chi connectivity index (χ0v) is 18.0. The fourth-order valence-electron chi connectivity index (χ4n) is 3.76. The monoisotopic (exact) mass is 421 g/mol. The topological polar surface area (TPSA) is 92.9 Å². The third kappa shape index (κ3) is 3.16. The van der Waals surface area contributed by atoms with E-state index in [-0.39, 0.29) is 11.8 Å². The number of hydrogen-bond donors (Lipinski definition) is 2. The highest BCUT2D eigenvalue weighted by Gasteiger charge is 2.30. The van der Waals surface area contributed by atoms with E-state index < -0.39 is 6.10 Å². The number of pyridine rings is 1. The lowest BCUT2D eigenvalue weighted by molar-refractivity contribution is -0.117. The predicted octanol–water partition coefficient (Wildman–Crippen LogP) is 4.35. The summed E-state index contributed by atoms with van der Waals surface area (Å²) >= 11 is 1.48. The number of aliphatic hydroxyl groups is 1. The largest absolute Gasteiger partial charge is 0.387 e. The maximum absolute atomic E-state index is 12.2. The number of nitrogens with one attached hydrogen (secondary N) is 1. The van der Waals surface area contributed by atoms with Crippen LogP contribution in [0.5, 0.6) is 0 Å². The Morgan fingerprint density at radius 2 is 2.13 bits per heavy atom. The SMILES string of the molecule is CCC(O)c1cc(C)c(-c2cc3nc(NC(=O)C4CC4)sc3c3c2ncn3C)cn1. The van der Waals surface area contributed by atoms with Crippen molar-refractivity contribution in [2.45, 2.75) is 39.2 Å². The Bertz CT molecular complexity index is 1290. The van der Waals surface area contributed by atoms with Crippen molar-refractivity contribution < 1.29 is 9.90 Å². The van der Waals surface area contributed by atoms with Gasteiger partial charge in [-0.1, -0.05) is 18.3 Å². The number of amides is 1. The van der Waals surface area contributed by atoms with Gasteiger partial charge < -0.3 is 15.0 Å². The summed E-state index contributed by atoms with van der Waals surface area (Å²) in [5.74, 6) is 0.190. The van der Waals surface area contributed by atoms with Crippen LogP contribution in [0.15, 0.2) is 24.7 Å². The fourth-order valence-corrected chi connectivity index (χ4v) is 4.80. The Morgan fingerprint density at radius 1 is 1.33 bits per heavy atom. The second-order valence-electron chi connectivity index (χ2n) is 7.96. The lowest BCUT2D eigenvalue weighted by Gasteiger charge is -2.12. The van der Waals surface area contributed by atoms with Gasteiger partial charge in [-0.25, -0.2) is 9.97 Å². The molecule has 2 N–H and O–H groups in total. The number of fused-ring (bicyclic) bond motifs is 3. The van der Waals surface area contributed by atoms with E-state index in [0.29, 0.717) is 17.2 Å². The van der Waals surface area contributed by atoms with Gasteiger partial charge >= 0.3 is 0 Å². The molecule has 0 bridgehead atoms. The Labute approximate surface area is 177 Å². The smallest absolute Gasteiger partial charge is 0.229 e. The molecule has 1 unspecified atom stereocenters. The molecule has 3 aromatic heterocycles. The molecular formula is C22H23N5O2S. The average molecular weight is 422 g/mol. The molecule has 1 aromatic carbocycles. The van der Waals surface area contributed by atoms with Gasteiger partial charge in [-0.2, -0.15) is 0 Å². The van der Waals surface area contributed by atoms with Crippen LogP contribution >= 0.6 is 11.3 Å². The Kier molecular flexibility index (Phi) is 4.56. The maximum atomic E-state index is 12.2. The van der Waals surface area contributed by atoms with Gasteiger partial charge in [-0.15, -0.1) is 0 Å². The average Bonchev–Trinajstić information content (AvgIpc) is 3.41. The van der Waals surface area contributed by atoms with Crippen molar-refractivity contribution in [1.82, 2.24) is 19.5 Å². The first-order valence-corrected chi connectivity index (χ1v) is 11.0. The van der Waals surface area contributed by atoms with Crippen LogP contribution in [0.1, 0.15) is 43.5 Å². The molecule has 0 spiro atoms. The van der Waals surface area contributed by atoms with Gasteiger partial charge in [-0.05, 0) is 43.9 Å². The van der Waals surface area contributed by atoms with Crippen LogP contribution in [-0.4, -0.2) is 30.5 Å². The first kappa shape index (κ1) is 19.1. The molecule has 154 valence electrons. The van der Waals surface area contributed by atoms with Crippen molar-refractivity contribution >= 4 is 43.6 Å². The zero-order chi connectivity index (χ0) is 21.0. The number of aromatic nitrogens is 4. The van der Waals surface area contributed by atoms with Crippen LogP contribution in [-0.2, 0) is 11.8 Å². The van der Waals surface area contributed by atoms with Crippen LogP contribution in [0.4, 0.5) is 5.13 Å². The molecule has 4 aromatic rings. The van der Waals surface area contributed by atoms with Crippen LogP contribution in [0.3, 0.4) is 0 Å². The molecule has 0 radical (unpaired) electrons. The molecule has 0 saturated heterocycles. The van der Waals surface area contributed by atoms with Crippen LogP contribution in [0, 0.1) is 12.8 Å². The number of benzene rings is 1. The summed E-state index contributed by atoms with van der Waals surface area (Å²) < 4.78 is 2.99. The second kappa shape index (κ2) is 7.14. The van der Waals surface area contributed by atoms with Crippen molar-refractivity contribution in [3.8, 4) is 11.1 Å². The van der Waals surface area contributed by atoms with Crippen LogP contribution in [0.25, 0.3) is 32.4 Å². The zero-order valence-electron chi connectivity index (χ0n) is 17.1. The number of thiazole rings is 1. The van der Waals surface area contributed by atoms with E-state index in [4.69, 9.17) is 4.98 Å². The second-order valence-corrected chi connectivity index (χ2v) is 8.95. The Morgan fingerprint density at radius 3 is 2.83 bits per heavy atom. The minimum Gasteiger partial charge on any atom is -0.387 e. The van der Waals surface area contributed by atoms with Gasteiger partial charge in [0.05, 0.1) is 39.4 Å². The van der Waals surface area contributed by atoms with E-state index in [0.717, 1.165) is 50.8 Å². The van der Waals surface area contributed by atoms with Gasteiger partial charge in [-0.3, -0.25) is 9.78 Å². The number of anilines is 1. The lowest BCUT2D eigenvalue weighted by Crippen LogP contribution is -2.12. The number of imidazole rings is 1. The van der Waals surface area contributed by atoms with Gasteiger partial charge in [0.15, 0.2) is 5.13 Å². The summed E-state index contributed by atoms with van der Waals surface area (Å²) in [6.45, 7) is 3.95. The van der Waals surface area contributed by atoms with Crippen molar-refractivity contribution in [2.24, 2.45) is 13.0 Å². The summed E-state index contributed by atoms with van der Waals surface area (Å²) in [6.07, 6.45) is 5.58. The molecule has 8 heteroatoms.